The summed E-state index contributed by atoms with van der Waals surface area (Å²) in [5.74, 6) is 1.64. The molecule has 20 heavy (non-hydrogen) atoms. The fourth-order valence-corrected chi connectivity index (χ4v) is 3.27. The summed E-state index contributed by atoms with van der Waals surface area (Å²) < 4.78 is 0. The zero-order valence-corrected chi connectivity index (χ0v) is 13.1. The van der Waals surface area contributed by atoms with Crippen molar-refractivity contribution in [3.05, 3.63) is 18.1 Å². The van der Waals surface area contributed by atoms with E-state index in [-0.39, 0.29) is 11.9 Å². The Kier molecular flexibility index (Phi) is 5.23. The van der Waals surface area contributed by atoms with Crippen LogP contribution in [0.3, 0.4) is 0 Å². The van der Waals surface area contributed by atoms with Crippen molar-refractivity contribution >= 4 is 23.5 Å². The van der Waals surface area contributed by atoms with Gasteiger partial charge >= 0.3 is 0 Å². The number of hydrogen-bond donors (Lipinski definition) is 1. The van der Waals surface area contributed by atoms with Gasteiger partial charge < -0.3 is 10.2 Å². The number of nitrogens with zero attached hydrogens (tertiary/aromatic N) is 3. The molecule has 2 rings (SSSR count). The van der Waals surface area contributed by atoms with Gasteiger partial charge in [-0.15, -0.1) is 0 Å². The Morgan fingerprint density at radius 3 is 3.05 bits per heavy atom. The van der Waals surface area contributed by atoms with Crippen LogP contribution >= 0.6 is 11.8 Å². The zero-order chi connectivity index (χ0) is 14.5. The lowest BCUT2D eigenvalue weighted by atomic mass is 10.2. The maximum Gasteiger partial charge on any atom is 0.274 e. The van der Waals surface area contributed by atoms with Crippen LogP contribution in [-0.4, -0.2) is 50.9 Å². The molecule has 0 spiro atoms. The van der Waals surface area contributed by atoms with Crippen LogP contribution in [0, 0.1) is 0 Å². The van der Waals surface area contributed by atoms with Gasteiger partial charge in [0.25, 0.3) is 5.91 Å². The average Bonchev–Trinajstić information content (AvgIpc) is 2.47. The molecular formula is C14H22N4OS. The van der Waals surface area contributed by atoms with Crippen LogP contribution in [0.2, 0.25) is 0 Å². The van der Waals surface area contributed by atoms with E-state index in [0.29, 0.717) is 16.8 Å². The second-order valence-electron chi connectivity index (χ2n) is 5.03. The molecule has 6 heteroatoms. The van der Waals surface area contributed by atoms with Gasteiger partial charge in [-0.1, -0.05) is 13.8 Å². The third-order valence-electron chi connectivity index (χ3n) is 3.55. The van der Waals surface area contributed by atoms with E-state index in [1.807, 2.05) is 16.7 Å². The Morgan fingerprint density at radius 2 is 2.30 bits per heavy atom. The fourth-order valence-electron chi connectivity index (χ4n) is 2.17. The summed E-state index contributed by atoms with van der Waals surface area (Å²) in [6, 6.07) is 0.232. The highest BCUT2D eigenvalue weighted by molar-refractivity contribution is 8.00. The molecule has 1 N–H and O–H groups in total. The van der Waals surface area contributed by atoms with Gasteiger partial charge in [0.1, 0.15) is 11.5 Å². The van der Waals surface area contributed by atoms with Crippen LogP contribution < -0.4 is 5.32 Å². The first-order valence-corrected chi connectivity index (χ1v) is 8.16. The van der Waals surface area contributed by atoms with Crippen LogP contribution in [0.4, 0.5) is 5.82 Å². The standard InChI is InChI=1S/C14H22N4OS/c1-4-5-16-13-9-15-8-12(17-13)14(19)18-6-7-20-11(3)10(18)2/h8-11H,4-7H2,1-3H3,(H,16,17). The van der Waals surface area contributed by atoms with Crippen molar-refractivity contribution < 1.29 is 4.79 Å². The highest BCUT2D eigenvalue weighted by atomic mass is 32.2. The number of hydrogen-bond acceptors (Lipinski definition) is 5. The molecule has 1 fully saturated rings. The molecule has 0 aromatic carbocycles. The number of amides is 1. The molecule has 110 valence electrons. The first kappa shape index (κ1) is 15.1. The van der Waals surface area contributed by atoms with Gasteiger partial charge in [-0.2, -0.15) is 11.8 Å². The number of aromatic nitrogens is 2. The van der Waals surface area contributed by atoms with E-state index in [0.717, 1.165) is 25.3 Å². The highest BCUT2D eigenvalue weighted by Crippen LogP contribution is 2.25. The molecule has 1 amide bonds. The lowest BCUT2D eigenvalue weighted by Gasteiger charge is -2.37. The number of thioether (sulfide) groups is 1. The van der Waals surface area contributed by atoms with Gasteiger partial charge in [0.2, 0.25) is 0 Å². The Bertz CT molecular complexity index is 468. The molecule has 1 aliphatic heterocycles. The molecule has 0 saturated carbocycles. The van der Waals surface area contributed by atoms with Crippen LogP contribution in [-0.2, 0) is 0 Å². The largest absolute Gasteiger partial charge is 0.369 e. The first-order chi connectivity index (χ1) is 9.63. The average molecular weight is 294 g/mol. The summed E-state index contributed by atoms with van der Waals surface area (Å²) in [6.07, 6.45) is 4.22. The topological polar surface area (TPSA) is 58.1 Å². The van der Waals surface area contributed by atoms with Gasteiger partial charge in [0, 0.05) is 30.1 Å². The molecule has 0 bridgehead atoms. The summed E-state index contributed by atoms with van der Waals surface area (Å²) >= 11 is 1.91. The third-order valence-corrected chi connectivity index (χ3v) is 4.89. The predicted octanol–water partition coefficient (Wildman–Crippen LogP) is 2.26. The number of carbonyl (C=O) groups is 1. The minimum Gasteiger partial charge on any atom is -0.369 e. The molecule has 2 heterocycles. The summed E-state index contributed by atoms with van der Waals surface area (Å²) in [7, 11) is 0. The molecule has 1 saturated heterocycles. The molecule has 1 aromatic rings. The number of carbonyl (C=O) groups excluding carboxylic acids is 1. The molecule has 0 aliphatic carbocycles. The lowest BCUT2D eigenvalue weighted by molar-refractivity contribution is 0.0692. The Balaban J connectivity index is 2.12. The van der Waals surface area contributed by atoms with Gasteiger partial charge in [-0.05, 0) is 13.3 Å². The van der Waals surface area contributed by atoms with E-state index in [1.165, 1.54) is 0 Å². The van der Waals surface area contributed by atoms with E-state index in [9.17, 15) is 4.79 Å². The van der Waals surface area contributed by atoms with Gasteiger partial charge in [0.05, 0.1) is 12.4 Å². The molecule has 1 aromatic heterocycles. The van der Waals surface area contributed by atoms with Crippen LogP contribution in [0.1, 0.15) is 37.7 Å². The Labute approximate surface area is 124 Å². The SMILES string of the molecule is CCCNc1cncc(C(=O)N2CCSC(C)C2C)n1. The predicted molar refractivity (Wildman–Crippen MR) is 83.2 cm³/mol. The smallest absolute Gasteiger partial charge is 0.274 e. The second kappa shape index (κ2) is 6.92. The monoisotopic (exact) mass is 294 g/mol. The van der Waals surface area contributed by atoms with Crippen molar-refractivity contribution in [3.8, 4) is 0 Å². The fraction of sp³-hybridized carbons (Fsp3) is 0.643. The van der Waals surface area contributed by atoms with Gasteiger partial charge in [-0.25, -0.2) is 4.98 Å². The number of nitrogens with one attached hydrogen (secondary N) is 1. The van der Waals surface area contributed by atoms with Crippen LogP contribution in [0.25, 0.3) is 0 Å². The van der Waals surface area contributed by atoms with E-state index in [2.05, 4.69) is 36.1 Å². The third kappa shape index (κ3) is 3.42. The number of anilines is 1. The maximum absolute atomic E-state index is 12.6. The van der Waals surface area contributed by atoms with Crippen molar-refractivity contribution in [1.29, 1.82) is 0 Å². The van der Waals surface area contributed by atoms with E-state index in [1.54, 1.807) is 12.4 Å². The van der Waals surface area contributed by atoms with Crippen molar-refractivity contribution in [1.82, 2.24) is 14.9 Å². The minimum atomic E-state index is -0.0164. The van der Waals surface area contributed by atoms with E-state index in [4.69, 9.17) is 0 Å². The summed E-state index contributed by atoms with van der Waals surface area (Å²) in [5, 5.41) is 3.62. The van der Waals surface area contributed by atoms with Gasteiger partial charge in [-0.3, -0.25) is 9.78 Å². The second-order valence-corrected chi connectivity index (χ2v) is 6.52. The lowest BCUT2D eigenvalue weighted by Crippen LogP contribution is -2.48. The summed E-state index contributed by atoms with van der Waals surface area (Å²) in [5.41, 5.74) is 0.428. The Hall–Kier alpha value is -1.30. The van der Waals surface area contributed by atoms with E-state index >= 15 is 0 Å². The molecule has 0 radical (unpaired) electrons. The van der Waals surface area contributed by atoms with E-state index < -0.39 is 0 Å². The molecular weight excluding hydrogens is 272 g/mol. The van der Waals surface area contributed by atoms with Crippen molar-refractivity contribution in [2.75, 3.05) is 24.2 Å². The highest BCUT2D eigenvalue weighted by Gasteiger charge is 2.30. The summed E-state index contributed by atoms with van der Waals surface area (Å²) in [4.78, 5) is 23.0. The van der Waals surface area contributed by atoms with Crippen LogP contribution in [0.15, 0.2) is 12.4 Å². The number of rotatable bonds is 4. The molecule has 2 unspecified atom stereocenters. The Morgan fingerprint density at radius 1 is 1.50 bits per heavy atom. The zero-order valence-electron chi connectivity index (χ0n) is 12.3. The van der Waals surface area contributed by atoms with Crippen molar-refractivity contribution in [2.24, 2.45) is 0 Å². The van der Waals surface area contributed by atoms with Crippen molar-refractivity contribution in [2.45, 2.75) is 38.5 Å². The summed E-state index contributed by atoms with van der Waals surface area (Å²) in [6.45, 7) is 7.97. The molecule has 5 nitrogen and oxygen atoms in total. The maximum atomic E-state index is 12.6. The molecule has 1 aliphatic rings. The quantitative estimate of drug-likeness (QED) is 0.923. The normalized spacial score (nSPS) is 22.6. The van der Waals surface area contributed by atoms with Crippen molar-refractivity contribution in [3.63, 3.8) is 0 Å². The van der Waals surface area contributed by atoms with Gasteiger partial charge in [0.15, 0.2) is 0 Å². The van der Waals surface area contributed by atoms with Crippen LogP contribution in [0.5, 0.6) is 0 Å². The minimum absolute atomic E-state index is 0.0164. The molecule has 2 atom stereocenters. The first-order valence-electron chi connectivity index (χ1n) is 7.12.